The van der Waals surface area contributed by atoms with Crippen molar-refractivity contribution in [2.75, 3.05) is 0 Å². The fourth-order valence-electron chi connectivity index (χ4n) is 1.04. The molecule has 0 saturated heterocycles. The number of ketones is 1. The number of hydrogen-bond acceptors (Lipinski definition) is 3. The Balaban J connectivity index is 2.34. The predicted octanol–water partition coefficient (Wildman–Crippen LogP) is 1.04. The Morgan fingerprint density at radius 1 is 1.31 bits per heavy atom. The van der Waals surface area contributed by atoms with E-state index in [1.165, 1.54) is 18.7 Å². The number of nitrogens with zero attached hydrogens (tertiary/aromatic N) is 2. The van der Waals surface area contributed by atoms with Gasteiger partial charge in [-0.05, 0) is 12.1 Å². The van der Waals surface area contributed by atoms with Crippen molar-refractivity contribution in [2.45, 2.75) is 0 Å². The molecule has 0 aliphatic heterocycles. The highest BCUT2D eigenvalue weighted by molar-refractivity contribution is 6.07. The zero-order chi connectivity index (χ0) is 9.10. The Bertz CT molecular complexity index is 394. The van der Waals surface area contributed by atoms with E-state index >= 15 is 0 Å². The molecule has 0 spiro atoms. The normalized spacial score (nSPS) is 9.85. The second-order valence-corrected chi connectivity index (χ2v) is 2.54. The van der Waals surface area contributed by atoms with Crippen molar-refractivity contribution in [3.8, 4) is 0 Å². The molecular weight excluding hydrogens is 166 g/mol. The quantitative estimate of drug-likeness (QED) is 0.690. The zero-order valence-electron chi connectivity index (χ0n) is 6.77. The number of rotatable bonds is 2. The lowest BCUT2D eigenvalue weighted by Gasteiger charge is -1.95. The molecule has 4 nitrogen and oxygen atoms in total. The van der Waals surface area contributed by atoms with Gasteiger partial charge in [-0.25, -0.2) is 9.97 Å². The van der Waals surface area contributed by atoms with E-state index in [0.717, 1.165) is 0 Å². The molecule has 0 unspecified atom stereocenters. The van der Waals surface area contributed by atoms with Crippen LogP contribution in [0.3, 0.4) is 0 Å². The van der Waals surface area contributed by atoms with Crippen LogP contribution in [0.15, 0.2) is 37.1 Å². The number of H-pyrrole nitrogens is 1. The second-order valence-electron chi connectivity index (χ2n) is 2.54. The number of carbonyl (C=O) groups excluding carboxylic acids is 1. The molecule has 2 aromatic rings. The monoisotopic (exact) mass is 173 g/mol. The minimum atomic E-state index is -0.0920. The number of aromatic nitrogens is 3. The van der Waals surface area contributed by atoms with Crippen LogP contribution in [0.25, 0.3) is 0 Å². The van der Waals surface area contributed by atoms with Crippen LogP contribution in [0.2, 0.25) is 0 Å². The van der Waals surface area contributed by atoms with Crippen LogP contribution in [0, 0.1) is 0 Å². The van der Waals surface area contributed by atoms with Crippen LogP contribution in [0.5, 0.6) is 0 Å². The van der Waals surface area contributed by atoms with E-state index in [4.69, 9.17) is 0 Å². The molecule has 0 aliphatic carbocycles. The van der Waals surface area contributed by atoms with E-state index in [9.17, 15) is 4.79 Å². The van der Waals surface area contributed by atoms with E-state index < -0.39 is 0 Å². The van der Waals surface area contributed by atoms with Crippen LogP contribution in [-0.2, 0) is 0 Å². The van der Waals surface area contributed by atoms with Crippen molar-refractivity contribution < 1.29 is 4.79 Å². The maximum absolute atomic E-state index is 11.6. The van der Waals surface area contributed by atoms with E-state index in [1.54, 1.807) is 18.3 Å². The minimum absolute atomic E-state index is 0.0920. The highest BCUT2D eigenvalue weighted by Crippen LogP contribution is 2.04. The van der Waals surface area contributed by atoms with Gasteiger partial charge >= 0.3 is 0 Å². The number of hydrogen-bond donors (Lipinski definition) is 1. The molecule has 0 aliphatic rings. The molecule has 2 rings (SSSR count). The van der Waals surface area contributed by atoms with Gasteiger partial charge in [-0.2, -0.15) is 0 Å². The van der Waals surface area contributed by atoms with Crippen molar-refractivity contribution in [1.29, 1.82) is 0 Å². The smallest absolute Gasteiger partial charge is 0.212 e. The summed E-state index contributed by atoms with van der Waals surface area (Å²) in [4.78, 5) is 22.0. The molecule has 4 heteroatoms. The third-order valence-corrected chi connectivity index (χ3v) is 1.67. The lowest BCUT2D eigenvalue weighted by molar-refractivity contribution is 0.103. The summed E-state index contributed by atoms with van der Waals surface area (Å²) < 4.78 is 0. The Morgan fingerprint density at radius 3 is 2.69 bits per heavy atom. The molecule has 0 atom stereocenters. The van der Waals surface area contributed by atoms with Crippen molar-refractivity contribution >= 4 is 5.78 Å². The average molecular weight is 173 g/mol. The maximum atomic E-state index is 11.6. The molecule has 0 bridgehead atoms. The van der Waals surface area contributed by atoms with Gasteiger partial charge in [-0.1, -0.05) is 0 Å². The third-order valence-electron chi connectivity index (χ3n) is 1.67. The van der Waals surface area contributed by atoms with Gasteiger partial charge in [0, 0.05) is 18.6 Å². The molecule has 64 valence electrons. The molecule has 0 amide bonds. The predicted molar refractivity (Wildman–Crippen MR) is 46.3 cm³/mol. The Hall–Kier alpha value is -1.97. The maximum Gasteiger partial charge on any atom is 0.212 e. The molecule has 0 saturated carbocycles. The summed E-state index contributed by atoms with van der Waals surface area (Å²) in [6.45, 7) is 0. The van der Waals surface area contributed by atoms with E-state index in [0.29, 0.717) is 11.3 Å². The first-order chi connectivity index (χ1) is 6.38. The number of nitrogens with one attached hydrogen (secondary N) is 1. The van der Waals surface area contributed by atoms with Crippen molar-refractivity contribution in [3.63, 3.8) is 0 Å². The van der Waals surface area contributed by atoms with Gasteiger partial charge in [0.1, 0.15) is 6.33 Å². The molecule has 0 fully saturated rings. The molecule has 0 radical (unpaired) electrons. The third kappa shape index (κ3) is 1.46. The fraction of sp³-hybridized carbons (Fsp3) is 0. The molecule has 0 aromatic carbocycles. The Morgan fingerprint density at radius 2 is 2.08 bits per heavy atom. The van der Waals surface area contributed by atoms with Crippen LogP contribution in [0.4, 0.5) is 0 Å². The summed E-state index contributed by atoms with van der Waals surface area (Å²) >= 11 is 0. The Labute approximate surface area is 74.7 Å². The number of carbonyl (C=O) groups is 1. The summed E-state index contributed by atoms with van der Waals surface area (Å²) in [5.41, 5.74) is 1.04. The zero-order valence-corrected chi connectivity index (χ0v) is 6.77. The van der Waals surface area contributed by atoms with Crippen LogP contribution < -0.4 is 0 Å². The van der Waals surface area contributed by atoms with Gasteiger partial charge in [-0.15, -0.1) is 0 Å². The van der Waals surface area contributed by atoms with Gasteiger partial charge in [0.25, 0.3) is 0 Å². The first kappa shape index (κ1) is 7.67. The van der Waals surface area contributed by atoms with E-state index in [-0.39, 0.29) is 5.78 Å². The molecule has 1 N–H and O–H groups in total. The van der Waals surface area contributed by atoms with Crippen LogP contribution >= 0.6 is 0 Å². The number of aromatic amines is 1. The van der Waals surface area contributed by atoms with Crippen LogP contribution in [-0.4, -0.2) is 20.7 Å². The summed E-state index contributed by atoms with van der Waals surface area (Å²) in [7, 11) is 0. The fourth-order valence-corrected chi connectivity index (χ4v) is 1.04. The largest absolute Gasteiger partial charge is 0.359 e. The topological polar surface area (TPSA) is 58.6 Å². The Kier molecular flexibility index (Phi) is 1.88. The van der Waals surface area contributed by atoms with Gasteiger partial charge in [0.2, 0.25) is 5.78 Å². The second kappa shape index (κ2) is 3.18. The van der Waals surface area contributed by atoms with E-state index in [2.05, 4.69) is 15.0 Å². The highest BCUT2D eigenvalue weighted by atomic mass is 16.1. The minimum Gasteiger partial charge on any atom is -0.359 e. The van der Waals surface area contributed by atoms with Gasteiger partial charge in [0.15, 0.2) is 0 Å². The molecule has 2 heterocycles. The summed E-state index contributed by atoms with van der Waals surface area (Å²) in [6.07, 6.45) is 6.09. The summed E-state index contributed by atoms with van der Waals surface area (Å²) in [5.74, 6) is -0.0920. The van der Waals surface area contributed by atoms with Crippen LogP contribution in [0.1, 0.15) is 16.1 Å². The van der Waals surface area contributed by atoms with E-state index in [1.807, 2.05) is 0 Å². The summed E-state index contributed by atoms with van der Waals surface area (Å²) in [6, 6.07) is 3.49. The van der Waals surface area contributed by atoms with Crippen molar-refractivity contribution in [3.05, 3.63) is 48.3 Å². The standard InChI is InChI=1S/C9H7N3O/c13-9(8-2-1-3-12-8)7-4-10-6-11-5-7/h1-6,12H. The highest BCUT2D eigenvalue weighted by Gasteiger charge is 2.08. The first-order valence-electron chi connectivity index (χ1n) is 3.81. The van der Waals surface area contributed by atoms with Crippen molar-refractivity contribution in [1.82, 2.24) is 15.0 Å². The van der Waals surface area contributed by atoms with Crippen molar-refractivity contribution in [2.24, 2.45) is 0 Å². The van der Waals surface area contributed by atoms with Gasteiger partial charge in [-0.3, -0.25) is 4.79 Å². The lowest BCUT2D eigenvalue weighted by Crippen LogP contribution is -2.02. The van der Waals surface area contributed by atoms with Gasteiger partial charge < -0.3 is 4.98 Å². The first-order valence-corrected chi connectivity index (χ1v) is 3.81. The van der Waals surface area contributed by atoms with Gasteiger partial charge in [0.05, 0.1) is 11.3 Å². The lowest BCUT2D eigenvalue weighted by atomic mass is 10.2. The molecule has 13 heavy (non-hydrogen) atoms. The summed E-state index contributed by atoms with van der Waals surface area (Å²) in [5, 5.41) is 0. The molecule has 2 aromatic heterocycles. The average Bonchev–Trinajstić information content (AvgIpc) is 2.71. The SMILES string of the molecule is O=C(c1cncnc1)c1ccc[nH]1. The molecular formula is C9H7N3O.